The number of aryl methyl sites for hydroxylation is 3. The second-order valence-electron chi connectivity index (χ2n) is 6.60. The maximum atomic E-state index is 12.5. The van der Waals surface area contributed by atoms with E-state index in [2.05, 4.69) is 51.9 Å². The Hall–Kier alpha value is -3.55. The highest BCUT2D eigenvalue weighted by Crippen LogP contribution is 2.27. The molecule has 0 unspecified atom stereocenters. The van der Waals surface area contributed by atoms with Crippen molar-refractivity contribution >= 4 is 17.5 Å². The minimum atomic E-state index is -0.233. The number of tetrazole rings is 1. The summed E-state index contributed by atoms with van der Waals surface area (Å²) in [5, 5.41) is 15.9. The average molecular weight is 361 g/mol. The molecule has 1 amide bonds. The van der Waals surface area contributed by atoms with E-state index >= 15 is 0 Å². The minimum absolute atomic E-state index is 0.140. The SMILES string of the molecule is Cc1ccn2c(CC(=O)Nc3nn[nH]n3)c(-c3ccc(C)c(C)c3)nc2c1. The summed E-state index contributed by atoms with van der Waals surface area (Å²) in [4.78, 5) is 17.3. The van der Waals surface area contributed by atoms with Crippen molar-refractivity contribution in [1.82, 2.24) is 30.0 Å². The number of pyridine rings is 1. The van der Waals surface area contributed by atoms with Crippen LogP contribution in [0.5, 0.6) is 0 Å². The lowest BCUT2D eigenvalue weighted by Gasteiger charge is -2.07. The van der Waals surface area contributed by atoms with Crippen LogP contribution < -0.4 is 5.32 Å². The maximum Gasteiger partial charge on any atom is 0.269 e. The van der Waals surface area contributed by atoms with Crippen LogP contribution in [0.25, 0.3) is 16.9 Å². The van der Waals surface area contributed by atoms with Crippen molar-refractivity contribution in [3.63, 3.8) is 0 Å². The van der Waals surface area contributed by atoms with Crippen LogP contribution in [0.1, 0.15) is 22.4 Å². The highest BCUT2D eigenvalue weighted by Gasteiger charge is 2.18. The molecule has 4 aromatic rings. The zero-order chi connectivity index (χ0) is 19.0. The molecule has 2 N–H and O–H groups in total. The molecule has 0 bridgehead atoms. The van der Waals surface area contributed by atoms with Crippen LogP contribution >= 0.6 is 0 Å². The zero-order valence-electron chi connectivity index (χ0n) is 15.3. The molecule has 0 aliphatic heterocycles. The summed E-state index contributed by atoms with van der Waals surface area (Å²) in [7, 11) is 0. The number of rotatable bonds is 4. The number of nitrogens with one attached hydrogen (secondary N) is 2. The van der Waals surface area contributed by atoms with E-state index in [1.165, 1.54) is 11.1 Å². The summed E-state index contributed by atoms with van der Waals surface area (Å²) in [6.07, 6.45) is 2.08. The topological polar surface area (TPSA) is 101 Å². The van der Waals surface area contributed by atoms with Crippen molar-refractivity contribution in [2.24, 2.45) is 0 Å². The number of carbonyl (C=O) groups is 1. The Labute approximate surface area is 155 Å². The van der Waals surface area contributed by atoms with E-state index in [1.54, 1.807) is 0 Å². The first-order chi connectivity index (χ1) is 13.0. The summed E-state index contributed by atoms with van der Waals surface area (Å²) in [6, 6.07) is 10.2. The first-order valence-corrected chi connectivity index (χ1v) is 8.60. The van der Waals surface area contributed by atoms with Crippen LogP contribution in [0, 0.1) is 20.8 Å². The largest absolute Gasteiger partial charge is 0.303 e. The molecule has 1 aromatic carbocycles. The van der Waals surface area contributed by atoms with Gasteiger partial charge in [0, 0.05) is 11.8 Å². The second-order valence-corrected chi connectivity index (χ2v) is 6.60. The monoisotopic (exact) mass is 361 g/mol. The van der Waals surface area contributed by atoms with Gasteiger partial charge in [-0.2, -0.15) is 5.21 Å². The van der Waals surface area contributed by atoms with Crippen molar-refractivity contribution in [2.45, 2.75) is 27.2 Å². The Bertz CT molecular complexity index is 1130. The number of H-pyrrole nitrogens is 1. The van der Waals surface area contributed by atoms with Crippen LogP contribution in [0.3, 0.4) is 0 Å². The van der Waals surface area contributed by atoms with E-state index in [0.29, 0.717) is 0 Å². The molecule has 0 saturated carbocycles. The summed E-state index contributed by atoms with van der Waals surface area (Å²) in [5.74, 6) is -0.0822. The van der Waals surface area contributed by atoms with E-state index in [9.17, 15) is 4.79 Å². The first kappa shape index (κ1) is 16.9. The predicted octanol–water partition coefficient (Wildman–Crippen LogP) is 2.62. The molecule has 3 heterocycles. The molecular formula is C19H19N7O. The number of hydrogen-bond donors (Lipinski definition) is 2. The third-order valence-electron chi connectivity index (χ3n) is 4.59. The molecule has 8 heteroatoms. The lowest BCUT2D eigenvalue weighted by molar-refractivity contribution is -0.115. The number of carbonyl (C=O) groups excluding carboxylic acids is 1. The lowest BCUT2D eigenvalue weighted by Crippen LogP contribution is -2.17. The highest BCUT2D eigenvalue weighted by atomic mass is 16.1. The third kappa shape index (κ3) is 3.29. The van der Waals surface area contributed by atoms with Crippen LogP contribution in [0.2, 0.25) is 0 Å². The Morgan fingerprint density at radius 2 is 2.00 bits per heavy atom. The average Bonchev–Trinajstić information content (AvgIpc) is 3.25. The summed E-state index contributed by atoms with van der Waals surface area (Å²) < 4.78 is 1.95. The van der Waals surface area contributed by atoms with E-state index in [1.807, 2.05) is 35.7 Å². The van der Waals surface area contributed by atoms with Gasteiger partial charge in [-0.15, -0.1) is 5.10 Å². The second kappa shape index (κ2) is 6.64. The Morgan fingerprint density at radius 1 is 1.15 bits per heavy atom. The summed E-state index contributed by atoms with van der Waals surface area (Å²) in [6.45, 7) is 6.17. The van der Waals surface area contributed by atoms with Crippen LogP contribution in [-0.4, -0.2) is 35.9 Å². The number of aromatic nitrogens is 6. The maximum absolute atomic E-state index is 12.5. The standard InChI is InChI=1S/C19H19N7O/c1-11-6-7-26-15(10-17(27)21-19-22-24-25-23-19)18(20-16(26)8-11)14-5-4-12(2)13(3)9-14/h4-9H,10H2,1-3H3,(H2,21,22,23,24,25,27). The molecule has 0 spiro atoms. The molecule has 4 rings (SSSR count). The number of aromatic amines is 1. The number of benzene rings is 1. The number of fused-ring (bicyclic) bond motifs is 1. The molecule has 0 aliphatic rings. The molecule has 27 heavy (non-hydrogen) atoms. The highest BCUT2D eigenvalue weighted by molar-refractivity contribution is 5.91. The molecular weight excluding hydrogens is 342 g/mol. The van der Waals surface area contributed by atoms with Gasteiger partial charge < -0.3 is 4.40 Å². The van der Waals surface area contributed by atoms with Gasteiger partial charge in [-0.25, -0.2) is 4.98 Å². The fraction of sp³-hybridized carbons (Fsp3) is 0.211. The number of hydrogen-bond acceptors (Lipinski definition) is 5. The van der Waals surface area contributed by atoms with Gasteiger partial charge in [0.2, 0.25) is 5.91 Å². The number of amides is 1. The van der Waals surface area contributed by atoms with Gasteiger partial charge in [0.05, 0.1) is 17.8 Å². The first-order valence-electron chi connectivity index (χ1n) is 8.60. The molecule has 3 aromatic heterocycles. The van der Waals surface area contributed by atoms with E-state index in [0.717, 1.165) is 28.2 Å². The van der Waals surface area contributed by atoms with Crippen molar-refractivity contribution in [2.75, 3.05) is 5.32 Å². The third-order valence-corrected chi connectivity index (χ3v) is 4.59. The van der Waals surface area contributed by atoms with Crippen molar-refractivity contribution in [3.05, 3.63) is 58.9 Å². The van der Waals surface area contributed by atoms with Gasteiger partial charge >= 0.3 is 0 Å². The summed E-state index contributed by atoms with van der Waals surface area (Å²) >= 11 is 0. The summed E-state index contributed by atoms with van der Waals surface area (Å²) in [5.41, 5.74) is 6.92. The fourth-order valence-corrected chi connectivity index (χ4v) is 3.02. The van der Waals surface area contributed by atoms with Crippen LogP contribution in [0.4, 0.5) is 5.95 Å². The Balaban J connectivity index is 1.78. The van der Waals surface area contributed by atoms with Crippen LogP contribution in [0.15, 0.2) is 36.5 Å². The van der Waals surface area contributed by atoms with E-state index in [4.69, 9.17) is 4.98 Å². The van der Waals surface area contributed by atoms with Gasteiger partial charge in [0.1, 0.15) is 5.65 Å². The number of nitrogens with zero attached hydrogens (tertiary/aromatic N) is 5. The van der Waals surface area contributed by atoms with Gasteiger partial charge in [0.25, 0.3) is 5.95 Å². The van der Waals surface area contributed by atoms with Crippen LogP contribution in [-0.2, 0) is 11.2 Å². The molecule has 136 valence electrons. The predicted molar refractivity (Wildman–Crippen MR) is 101 cm³/mol. The van der Waals surface area contributed by atoms with Crippen molar-refractivity contribution in [1.29, 1.82) is 0 Å². The van der Waals surface area contributed by atoms with Gasteiger partial charge in [-0.3, -0.25) is 10.1 Å². The van der Waals surface area contributed by atoms with E-state index < -0.39 is 0 Å². The normalized spacial score (nSPS) is 11.1. The molecule has 0 radical (unpaired) electrons. The number of imidazole rings is 1. The van der Waals surface area contributed by atoms with Crippen molar-refractivity contribution in [3.8, 4) is 11.3 Å². The fourth-order valence-electron chi connectivity index (χ4n) is 3.02. The zero-order valence-corrected chi connectivity index (χ0v) is 15.3. The van der Waals surface area contributed by atoms with Gasteiger partial charge in [-0.05, 0) is 60.9 Å². The lowest BCUT2D eigenvalue weighted by atomic mass is 10.0. The molecule has 0 saturated heterocycles. The Kier molecular flexibility index (Phi) is 4.15. The quantitative estimate of drug-likeness (QED) is 0.582. The van der Waals surface area contributed by atoms with Crippen molar-refractivity contribution < 1.29 is 4.79 Å². The molecule has 0 atom stereocenters. The molecule has 8 nitrogen and oxygen atoms in total. The molecule has 0 fully saturated rings. The minimum Gasteiger partial charge on any atom is -0.303 e. The molecule has 0 aliphatic carbocycles. The van der Waals surface area contributed by atoms with Gasteiger partial charge in [0.15, 0.2) is 0 Å². The smallest absolute Gasteiger partial charge is 0.269 e. The Morgan fingerprint density at radius 3 is 2.74 bits per heavy atom. The van der Waals surface area contributed by atoms with E-state index in [-0.39, 0.29) is 18.3 Å². The van der Waals surface area contributed by atoms with Gasteiger partial charge in [-0.1, -0.05) is 17.2 Å². The number of anilines is 1.